The van der Waals surface area contributed by atoms with E-state index in [1.165, 1.54) is 0 Å². The van der Waals surface area contributed by atoms with Crippen molar-refractivity contribution in [3.63, 3.8) is 0 Å². The Kier molecular flexibility index (Phi) is 8.79. The van der Waals surface area contributed by atoms with Gasteiger partial charge in [0.2, 0.25) is 0 Å². The monoisotopic (exact) mass is 212 g/mol. The van der Waals surface area contributed by atoms with Crippen LogP contribution < -0.4 is 5.73 Å². The van der Waals surface area contributed by atoms with Crippen LogP contribution >= 0.6 is 0 Å². The van der Waals surface area contributed by atoms with E-state index in [4.69, 9.17) is 16.1 Å². The van der Waals surface area contributed by atoms with Crippen LogP contribution in [0.1, 0.15) is 51.4 Å². The zero-order valence-corrected chi connectivity index (χ0v) is 9.11. The Morgan fingerprint density at radius 1 is 1.20 bits per heavy atom. The van der Waals surface area contributed by atoms with E-state index in [0.29, 0.717) is 12.8 Å². The van der Waals surface area contributed by atoms with Crippen LogP contribution in [0, 0.1) is 11.3 Å². The molecule has 15 heavy (non-hydrogen) atoms. The molecule has 1 unspecified atom stereocenters. The highest BCUT2D eigenvalue weighted by atomic mass is 16.4. The minimum Gasteiger partial charge on any atom is -0.480 e. The van der Waals surface area contributed by atoms with E-state index in [-0.39, 0.29) is 0 Å². The zero-order chi connectivity index (χ0) is 11.5. The Morgan fingerprint density at radius 3 is 2.27 bits per heavy atom. The van der Waals surface area contributed by atoms with E-state index in [9.17, 15) is 4.79 Å². The van der Waals surface area contributed by atoms with Gasteiger partial charge in [-0.3, -0.25) is 4.79 Å². The number of aliphatic carboxylic acids is 1. The van der Waals surface area contributed by atoms with Crippen molar-refractivity contribution in [1.29, 1.82) is 5.26 Å². The molecule has 0 fully saturated rings. The first-order chi connectivity index (χ1) is 7.18. The van der Waals surface area contributed by atoms with Crippen LogP contribution in [0.3, 0.4) is 0 Å². The van der Waals surface area contributed by atoms with Crippen molar-refractivity contribution in [3.05, 3.63) is 0 Å². The van der Waals surface area contributed by atoms with Crippen molar-refractivity contribution in [3.8, 4) is 6.07 Å². The first kappa shape index (κ1) is 13.9. The second kappa shape index (κ2) is 9.47. The molecule has 0 amide bonds. The van der Waals surface area contributed by atoms with Gasteiger partial charge in [-0.1, -0.05) is 32.1 Å². The molecular formula is C11H20N2O2. The lowest BCUT2D eigenvalue weighted by Crippen LogP contribution is -2.29. The Bertz CT molecular complexity index is 211. The number of nitriles is 1. The lowest BCUT2D eigenvalue weighted by Gasteiger charge is -2.05. The van der Waals surface area contributed by atoms with Gasteiger partial charge in [-0.25, -0.2) is 0 Å². The molecule has 0 radical (unpaired) electrons. The average molecular weight is 212 g/mol. The van der Waals surface area contributed by atoms with Crippen LogP contribution in [0.2, 0.25) is 0 Å². The quantitative estimate of drug-likeness (QED) is 0.572. The van der Waals surface area contributed by atoms with Crippen LogP contribution in [0.5, 0.6) is 0 Å². The molecule has 1 atom stereocenters. The molecule has 4 nitrogen and oxygen atoms in total. The Morgan fingerprint density at radius 2 is 1.73 bits per heavy atom. The van der Waals surface area contributed by atoms with Crippen LogP contribution in [-0.2, 0) is 4.79 Å². The fourth-order valence-electron chi connectivity index (χ4n) is 1.40. The molecule has 0 heterocycles. The summed E-state index contributed by atoms with van der Waals surface area (Å²) in [5.74, 6) is -0.913. The lowest BCUT2D eigenvalue weighted by atomic mass is 10.1. The highest BCUT2D eigenvalue weighted by Gasteiger charge is 2.09. The molecule has 0 aliphatic carbocycles. The summed E-state index contributed by atoms with van der Waals surface area (Å²) in [4.78, 5) is 10.4. The van der Waals surface area contributed by atoms with Gasteiger partial charge in [0.15, 0.2) is 0 Å². The fraction of sp³-hybridized carbons (Fsp3) is 0.818. The Labute approximate surface area is 91.1 Å². The number of unbranched alkanes of at least 4 members (excludes halogenated alkanes) is 6. The molecule has 0 saturated heterocycles. The van der Waals surface area contributed by atoms with E-state index >= 15 is 0 Å². The van der Waals surface area contributed by atoms with Gasteiger partial charge in [0.05, 0.1) is 6.07 Å². The predicted octanol–water partition coefficient (Wildman–Crippen LogP) is 2.04. The number of nitrogens with zero attached hydrogens (tertiary/aromatic N) is 1. The number of rotatable bonds is 9. The summed E-state index contributed by atoms with van der Waals surface area (Å²) in [6.45, 7) is 0. The second-order valence-electron chi connectivity index (χ2n) is 3.76. The van der Waals surface area contributed by atoms with Gasteiger partial charge in [0, 0.05) is 6.42 Å². The Hall–Kier alpha value is -1.08. The number of carboxylic acid groups (broad SMARTS) is 1. The molecule has 0 aromatic rings. The summed E-state index contributed by atoms with van der Waals surface area (Å²) in [6.07, 6.45) is 7.43. The third-order valence-corrected chi connectivity index (χ3v) is 2.37. The minimum absolute atomic E-state index is 0.563. The predicted molar refractivity (Wildman–Crippen MR) is 58.2 cm³/mol. The van der Waals surface area contributed by atoms with Gasteiger partial charge in [0.1, 0.15) is 6.04 Å². The van der Waals surface area contributed by atoms with Gasteiger partial charge >= 0.3 is 5.97 Å². The summed E-state index contributed by atoms with van der Waals surface area (Å²) in [6, 6.07) is 1.41. The molecule has 0 aliphatic rings. The number of carboxylic acids is 1. The van der Waals surface area contributed by atoms with Crippen LogP contribution in [0.4, 0.5) is 0 Å². The molecule has 0 bridgehead atoms. The summed E-state index contributed by atoms with van der Waals surface area (Å²) in [7, 11) is 0. The number of hydrogen-bond acceptors (Lipinski definition) is 3. The van der Waals surface area contributed by atoms with Gasteiger partial charge in [0.25, 0.3) is 0 Å². The molecule has 3 N–H and O–H groups in total. The van der Waals surface area contributed by atoms with Crippen LogP contribution in [-0.4, -0.2) is 17.1 Å². The SMILES string of the molecule is N#CCCCCCCCCC(N)C(=O)O. The minimum atomic E-state index is -0.913. The summed E-state index contributed by atoms with van der Waals surface area (Å²) < 4.78 is 0. The molecule has 4 heteroatoms. The van der Waals surface area contributed by atoms with Crippen molar-refractivity contribution in [2.45, 2.75) is 57.4 Å². The smallest absolute Gasteiger partial charge is 0.320 e. The molecule has 0 rings (SSSR count). The molecule has 0 aliphatic heterocycles. The van der Waals surface area contributed by atoms with E-state index < -0.39 is 12.0 Å². The van der Waals surface area contributed by atoms with Crippen LogP contribution in [0.15, 0.2) is 0 Å². The van der Waals surface area contributed by atoms with Crippen molar-refractivity contribution in [1.82, 2.24) is 0 Å². The molecule has 0 aromatic heterocycles. The fourth-order valence-corrected chi connectivity index (χ4v) is 1.40. The standard InChI is InChI=1S/C11H20N2O2/c12-9-7-5-3-1-2-4-6-8-10(13)11(14)15/h10H,1-8,13H2,(H,14,15). The number of hydrogen-bond donors (Lipinski definition) is 2. The number of nitrogens with two attached hydrogens (primary N) is 1. The van der Waals surface area contributed by atoms with E-state index in [1.807, 2.05) is 0 Å². The van der Waals surface area contributed by atoms with Crippen LogP contribution in [0.25, 0.3) is 0 Å². The molecule has 0 saturated carbocycles. The van der Waals surface area contributed by atoms with Crippen molar-refractivity contribution >= 4 is 5.97 Å². The molecule has 0 aromatic carbocycles. The third-order valence-electron chi connectivity index (χ3n) is 2.37. The highest BCUT2D eigenvalue weighted by Crippen LogP contribution is 2.09. The average Bonchev–Trinajstić information content (AvgIpc) is 2.21. The van der Waals surface area contributed by atoms with E-state index in [0.717, 1.165) is 38.5 Å². The normalized spacial score (nSPS) is 12.0. The van der Waals surface area contributed by atoms with E-state index in [1.54, 1.807) is 0 Å². The van der Waals surface area contributed by atoms with Gasteiger partial charge in [-0.15, -0.1) is 0 Å². The highest BCUT2D eigenvalue weighted by molar-refractivity contribution is 5.72. The molecular weight excluding hydrogens is 192 g/mol. The summed E-state index contributed by atoms with van der Waals surface area (Å²) in [5, 5.41) is 16.8. The maximum absolute atomic E-state index is 10.4. The largest absolute Gasteiger partial charge is 0.480 e. The Balaban J connectivity index is 3.12. The topological polar surface area (TPSA) is 87.1 Å². The summed E-state index contributed by atoms with van der Waals surface area (Å²) in [5.41, 5.74) is 5.36. The van der Waals surface area contributed by atoms with Crippen molar-refractivity contribution < 1.29 is 9.90 Å². The maximum atomic E-state index is 10.4. The summed E-state index contributed by atoms with van der Waals surface area (Å²) >= 11 is 0. The zero-order valence-electron chi connectivity index (χ0n) is 9.11. The molecule has 86 valence electrons. The lowest BCUT2D eigenvalue weighted by molar-refractivity contribution is -0.138. The number of carbonyl (C=O) groups is 1. The van der Waals surface area contributed by atoms with Gasteiger partial charge in [-0.05, 0) is 12.8 Å². The van der Waals surface area contributed by atoms with Gasteiger partial charge in [-0.2, -0.15) is 5.26 Å². The first-order valence-electron chi connectivity index (χ1n) is 5.54. The molecule has 0 spiro atoms. The van der Waals surface area contributed by atoms with Gasteiger partial charge < -0.3 is 10.8 Å². The second-order valence-corrected chi connectivity index (χ2v) is 3.76. The van der Waals surface area contributed by atoms with Crippen molar-refractivity contribution in [2.24, 2.45) is 5.73 Å². The van der Waals surface area contributed by atoms with Crippen molar-refractivity contribution in [2.75, 3.05) is 0 Å². The maximum Gasteiger partial charge on any atom is 0.320 e. The van der Waals surface area contributed by atoms with E-state index in [2.05, 4.69) is 6.07 Å². The third kappa shape index (κ3) is 9.23. The first-order valence-corrected chi connectivity index (χ1v) is 5.54.